The largest absolute Gasteiger partial charge is 0.481 e. The molecule has 1 aromatic rings. The molecule has 2 rings (SSSR count). The topological polar surface area (TPSA) is 111 Å². The molecule has 1 amide bonds. The van der Waals surface area contributed by atoms with E-state index >= 15 is 0 Å². The molecule has 0 saturated carbocycles. The molecular formula is C11H13N3O5S. The zero-order valence-corrected chi connectivity index (χ0v) is 11.5. The third-order valence-corrected chi connectivity index (χ3v) is 3.41. The summed E-state index contributed by atoms with van der Waals surface area (Å²) >= 11 is 0. The molecule has 1 aliphatic rings. The molecule has 1 aliphatic heterocycles. The number of nitrogens with zero attached hydrogens (tertiary/aromatic N) is 1. The van der Waals surface area contributed by atoms with E-state index in [1.807, 2.05) is 0 Å². The number of carbonyl (C=O) groups is 1. The van der Waals surface area contributed by atoms with Crippen molar-refractivity contribution in [2.24, 2.45) is 0 Å². The molecule has 1 heterocycles. The number of nitrogens with one attached hydrogen (secondary N) is 2. The van der Waals surface area contributed by atoms with E-state index in [0.717, 1.165) is 0 Å². The fraction of sp³-hybridized carbons (Fsp3) is 0.364. The van der Waals surface area contributed by atoms with Crippen LogP contribution in [-0.2, 0) is 15.6 Å². The van der Waals surface area contributed by atoms with Gasteiger partial charge in [0.1, 0.15) is 5.69 Å². The Morgan fingerprint density at radius 2 is 2.30 bits per heavy atom. The summed E-state index contributed by atoms with van der Waals surface area (Å²) in [6, 6.07) is 2.71. The number of hydrogen-bond acceptors (Lipinski definition) is 6. The van der Waals surface area contributed by atoms with Crippen LogP contribution in [0.1, 0.15) is 0 Å². The molecule has 1 aromatic carbocycles. The first-order valence-corrected chi connectivity index (χ1v) is 7.49. The highest BCUT2D eigenvalue weighted by molar-refractivity contribution is 7.84. The molecule has 108 valence electrons. The molecule has 1 unspecified atom stereocenters. The minimum atomic E-state index is -0.991. The summed E-state index contributed by atoms with van der Waals surface area (Å²) in [5, 5.41) is 16.5. The van der Waals surface area contributed by atoms with Gasteiger partial charge in [-0.05, 0) is 6.07 Å². The van der Waals surface area contributed by atoms with Gasteiger partial charge in [-0.2, -0.15) is 0 Å². The summed E-state index contributed by atoms with van der Waals surface area (Å²) in [5.41, 5.74) is 0.485. The van der Waals surface area contributed by atoms with Crippen LogP contribution in [0.4, 0.5) is 17.1 Å². The number of carbonyl (C=O) groups excluding carboxylic acids is 1. The van der Waals surface area contributed by atoms with Crippen molar-refractivity contribution in [1.29, 1.82) is 0 Å². The molecule has 8 nitrogen and oxygen atoms in total. The van der Waals surface area contributed by atoms with Crippen molar-refractivity contribution in [3.63, 3.8) is 0 Å². The van der Waals surface area contributed by atoms with Gasteiger partial charge in [0.2, 0.25) is 0 Å². The lowest BCUT2D eigenvalue weighted by Crippen LogP contribution is -2.25. The van der Waals surface area contributed by atoms with Crippen LogP contribution < -0.4 is 15.4 Å². The maximum Gasteiger partial charge on any atom is 0.296 e. The van der Waals surface area contributed by atoms with Gasteiger partial charge in [-0.25, -0.2) is 0 Å². The molecule has 0 fully saturated rings. The second-order valence-electron chi connectivity index (χ2n) is 4.16. The van der Waals surface area contributed by atoms with Gasteiger partial charge in [-0.1, -0.05) is 0 Å². The van der Waals surface area contributed by atoms with E-state index in [1.54, 1.807) is 6.26 Å². The number of nitro groups is 1. The van der Waals surface area contributed by atoms with Crippen LogP contribution in [0.15, 0.2) is 12.1 Å². The molecule has 1 atom stereocenters. The van der Waals surface area contributed by atoms with Crippen LogP contribution in [0, 0.1) is 10.1 Å². The van der Waals surface area contributed by atoms with Crippen LogP contribution >= 0.6 is 0 Å². The number of benzene rings is 1. The van der Waals surface area contributed by atoms with Crippen LogP contribution in [0.25, 0.3) is 0 Å². The lowest BCUT2D eigenvalue weighted by molar-refractivity contribution is -0.384. The fourth-order valence-electron chi connectivity index (χ4n) is 1.74. The monoisotopic (exact) mass is 299 g/mol. The van der Waals surface area contributed by atoms with Gasteiger partial charge in [0.25, 0.3) is 11.6 Å². The molecule has 2 N–H and O–H groups in total. The van der Waals surface area contributed by atoms with Gasteiger partial charge in [-0.3, -0.25) is 19.1 Å². The summed E-state index contributed by atoms with van der Waals surface area (Å²) in [4.78, 5) is 21.7. The standard InChI is InChI=1S/C11H13N3O5S/c1-20(18)3-2-12-7-4-8-10(5-9(7)14(16)17)19-6-11(15)13-8/h4-5,12H,2-3,6H2,1H3,(H,13,15). The first-order valence-electron chi connectivity index (χ1n) is 5.76. The van der Waals surface area contributed by atoms with E-state index in [4.69, 9.17) is 4.74 Å². The van der Waals surface area contributed by atoms with Crippen molar-refractivity contribution in [3.05, 3.63) is 22.2 Å². The lowest BCUT2D eigenvalue weighted by atomic mass is 10.2. The molecule has 0 aliphatic carbocycles. The lowest BCUT2D eigenvalue weighted by Gasteiger charge is -2.19. The Morgan fingerprint density at radius 3 is 2.95 bits per heavy atom. The summed E-state index contributed by atoms with van der Waals surface area (Å²) < 4.78 is 16.1. The first kappa shape index (κ1) is 14.3. The third kappa shape index (κ3) is 3.23. The number of anilines is 2. The van der Waals surface area contributed by atoms with Crippen molar-refractivity contribution < 1.29 is 18.7 Å². The summed E-state index contributed by atoms with van der Waals surface area (Å²) in [7, 11) is -0.991. The van der Waals surface area contributed by atoms with Crippen molar-refractivity contribution in [2.45, 2.75) is 0 Å². The van der Waals surface area contributed by atoms with Gasteiger partial charge in [0, 0.05) is 29.4 Å². The summed E-state index contributed by atoms with van der Waals surface area (Å²) in [6.45, 7) is 0.170. The van der Waals surface area contributed by atoms with E-state index in [-0.39, 0.29) is 29.6 Å². The average molecular weight is 299 g/mol. The second-order valence-corrected chi connectivity index (χ2v) is 5.72. The van der Waals surface area contributed by atoms with Gasteiger partial charge < -0.3 is 15.4 Å². The van der Waals surface area contributed by atoms with E-state index in [2.05, 4.69) is 10.6 Å². The number of ether oxygens (including phenoxy) is 1. The maximum atomic E-state index is 11.2. The van der Waals surface area contributed by atoms with E-state index < -0.39 is 15.7 Å². The van der Waals surface area contributed by atoms with Crippen molar-refractivity contribution >= 4 is 33.8 Å². The average Bonchev–Trinajstić information content (AvgIpc) is 2.37. The van der Waals surface area contributed by atoms with Gasteiger partial charge in [-0.15, -0.1) is 0 Å². The fourth-order valence-corrected chi connectivity index (χ4v) is 2.13. The first-order chi connectivity index (χ1) is 9.47. The zero-order chi connectivity index (χ0) is 14.7. The number of nitro benzene ring substituents is 1. The normalized spacial score (nSPS) is 14.8. The number of amides is 1. The Morgan fingerprint density at radius 1 is 1.55 bits per heavy atom. The Balaban J connectivity index is 2.28. The molecule has 0 aromatic heterocycles. The minimum Gasteiger partial charge on any atom is -0.481 e. The molecule has 0 saturated heterocycles. The number of hydrogen-bond donors (Lipinski definition) is 2. The third-order valence-electron chi connectivity index (χ3n) is 2.63. The zero-order valence-electron chi connectivity index (χ0n) is 10.7. The molecule has 0 spiro atoms. The van der Waals surface area contributed by atoms with E-state index in [0.29, 0.717) is 18.0 Å². The molecular weight excluding hydrogens is 286 g/mol. The van der Waals surface area contributed by atoms with Crippen molar-refractivity contribution in [1.82, 2.24) is 0 Å². The summed E-state index contributed by atoms with van der Waals surface area (Å²) in [6.07, 6.45) is 1.55. The number of fused-ring (bicyclic) bond motifs is 1. The maximum absolute atomic E-state index is 11.2. The molecule has 0 radical (unpaired) electrons. The predicted molar refractivity (Wildman–Crippen MR) is 74.6 cm³/mol. The predicted octanol–water partition coefficient (Wildman–Crippen LogP) is 0.716. The molecule has 9 heteroatoms. The molecule has 0 bridgehead atoms. The molecule has 20 heavy (non-hydrogen) atoms. The highest BCUT2D eigenvalue weighted by atomic mass is 32.2. The minimum absolute atomic E-state index is 0.151. The quantitative estimate of drug-likeness (QED) is 0.612. The Bertz CT molecular complexity index is 590. The van der Waals surface area contributed by atoms with Crippen LogP contribution in [0.5, 0.6) is 5.75 Å². The SMILES string of the molecule is CS(=O)CCNc1cc2c(cc1[N+](=O)[O-])OCC(=O)N2. The van der Waals surface area contributed by atoms with Gasteiger partial charge >= 0.3 is 0 Å². The second kappa shape index (κ2) is 5.87. The van der Waals surface area contributed by atoms with Crippen LogP contribution in [0.3, 0.4) is 0 Å². The van der Waals surface area contributed by atoms with E-state index in [1.165, 1.54) is 12.1 Å². The Labute approximate surface area is 117 Å². The Hall–Kier alpha value is -2.16. The van der Waals surface area contributed by atoms with Gasteiger partial charge in [0.15, 0.2) is 12.4 Å². The van der Waals surface area contributed by atoms with Crippen molar-refractivity contribution in [2.75, 3.05) is 35.8 Å². The van der Waals surface area contributed by atoms with Crippen LogP contribution in [-0.4, -0.2) is 40.2 Å². The smallest absolute Gasteiger partial charge is 0.296 e. The van der Waals surface area contributed by atoms with Crippen molar-refractivity contribution in [3.8, 4) is 5.75 Å². The number of rotatable bonds is 5. The highest BCUT2D eigenvalue weighted by Crippen LogP contribution is 2.37. The van der Waals surface area contributed by atoms with Gasteiger partial charge in [0.05, 0.1) is 16.7 Å². The Kier molecular flexibility index (Phi) is 4.18. The van der Waals surface area contributed by atoms with Crippen LogP contribution in [0.2, 0.25) is 0 Å². The highest BCUT2D eigenvalue weighted by Gasteiger charge is 2.23. The summed E-state index contributed by atoms with van der Waals surface area (Å²) in [5.74, 6) is 0.324. The van der Waals surface area contributed by atoms with E-state index in [9.17, 15) is 19.1 Å².